The van der Waals surface area contributed by atoms with E-state index in [1.165, 1.54) is 23.8 Å². The highest BCUT2D eigenvalue weighted by Gasteiger charge is 2.22. The number of hydrogen-bond donors (Lipinski definition) is 2. The molecule has 8 nitrogen and oxygen atoms in total. The van der Waals surface area contributed by atoms with Crippen LogP contribution in [0.1, 0.15) is 24.8 Å². The smallest absolute Gasteiger partial charge is 0.125 e. The number of benzene rings is 4. The molecule has 0 saturated carbocycles. The fourth-order valence-electron chi connectivity index (χ4n) is 7.91. The first kappa shape index (κ1) is 34.4. The van der Waals surface area contributed by atoms with Crippen molar-refractivity contribution in [3.63, 3.8) is 0 Å². The predicted octanol–water partition coefficient (Wildman–Crippen LogP) is 7.54. The Morgan fingerprint density at radius 2 is 1.33 bits per heavy atom. The van der Waals surface area contributed by atoms with Crippen LogP contribution in [0.4, 0.5) is 20.2 Å². The zero-order chi connectivity index (χ0) is 35.6. The van der Waals surface area contributed by atoms with E-state index in [0.717, 1.165) is 140 Å². The molecular formula is C42H47F2N7O. The molecule has 0 radical (unpaired) electrons. The molecule has 10 heteroatoms. The highest BCUT2D eigenvalue weighted by Crippen LogP contribution is 2.35. The van der Waals surface area contributed by atoms with Gasteiger partial charge in [0.25, 0.3) is 0 Å². The number of methoxy groups -OCH3 is 1. The minimum absolute atomic E-state index is 0.246. The second-order valence-corrected chi connectivity index (χ2v) is 14.5. The van der Waals surface area contributed by atoms with Crippen LogP contribution in [-0.2, 0) is 6.42 Å². The Hall–Kier alpha value is -4.64. The molecule has 0 aliphatic carbocycles. The number of nitrogens with zero attached hydrogens (tertiary/aromatic N) is 5. The fraction of sp³-hybridized carbons (Fsp3) is 0.381. The molecule has 0 unspecified atom stereocenters. The molecule has 0 atom stereocenters. The third-order valence-corrected chi connectivity index (χ3v) is 10.9. The largest absolute Gasteiger partial charge is 0.497 e. The lowest BCUT2D eigenvalue weighted by atomic mass is 10.0. The van der Waals surface area contributed by atoms with Gasteiger partial charge in [-0.25, -0.2) is 18.7 Å². The maximum Gasteiger partial charge on any atom is 0.125 e. The molecule has 0 amide bonds. The number of anilines is 2. The highest BCUT2D eigenvalue weighted by atomic mass is 19.1. The zero-order valence-electron chi connectivity index (χ0n) is 30.1. The number of fused-ring (bicyclic) bond motifs is 4. The number of aromatic nitrogens is 2. The topological polar surface area (TPSA) is 68.8 Å². The summed E-state index contributed by atoms with van der Waals surface area (Å²) in [5, 5.41) is 11.3. The van der Waals surface area contributed by atoms with Gasteiger partial charge in [0.1, 0.15) is 17.4 Å². The van der Waals surface area contributed by atoms with E-state index in [1.54, 1.807) is 19.2 Å². The summed E-state index contributed by atoms with van der Waals surface area (Å²) in [7, 11) is 3.84. The number of hydrogen-bond acceptors (Lipinski definition) is 8. The first-order valence-electron chi connectivity index (χ1n) is 18.6. The van der Waals surface area contributed by atoms with Gasteiger partial charge >= 0.3 is 0 Å². The first-order chi connectivity index (χ1) is 25.4. The molecule has 0 bridgehead atoms. The highest BCUT2D eigenvalue weighted by molar-refractivity contribution is 6.08. The minimum atomic E-state index is -0.286. The summed E-state index contributed by atoms with van der Waals surface area (Å²) in [6.07, 6.45) is 4.07. The number of halogens is 2. The zero-order valence-corrected chi connectivity index (χ0v) is 30.1. The van der Waals surface area contributed by atoms with Crippen molar-refractivity contribution in [3.05, 3.63) is 90.0 Å². The standard InChI is InChI=1S/C42H47F2N7O/c1-49-20-22-51(23-21-49)19-15-45-41-33-9-5-28(24-39(33)47-37-11-7-29(43)25-35(37)41)4-3-16-50-17-13-31(14-18-50)46-42-34-10-6-30(44)26-40(34)48-38-12-8-32(52-2)27-36(38)42/h5-12,24-27,31H,3-4,13-23H2,1-2H3,(H,45,47)(H,46,48). The molecule has 52 heavy (non-hydrogen) atoms. The third kappa shape index (κ3) is 7.46. The first-order valence-corrected chi connectivity index (χ1v) is 18.6. The number of likely N-dealkylation sites (tertiary alicyclic amines) is 1. The van der Waals surface area contributed by atoms with Crippen molar-refractivity contribution in [2.75, 3.05) is 83.7 Å². The summed E-state index contributed by atoms with van der Waals surface area (Å²) in [6, 6.07) is 22.5. The molecule has 8 rings (SSSR count). The SMILES string of the molecule is COc1ccc2nc3cc(F)ccc3c(NC3CCN(CCCc4ccc5c(NCCN6CCN(C)CC6)c6cc(F)ccc6nc5c4)CC3)c2c1. The van der Waals surface area contributed by atoms with Crippen LogP contribution in [0.15, 0.2) is 72.8 Å². The average molecular weight is 704 g/mol. The Bertz CT molecular complexity index is 2210. The summed E-state index contributed by atoms with van der Waals surface area (Å²) in [5.41, 5.74) is 6.45. The van der Waals surface area contributed by atoms with Crippen LogP contribution < -0.4 is 15.4 Å². The van der Waals surface area contributed by atoms with Gasteiger partial charge in [0.15, 0.2) is 0 Å². The van der Waals surface area contributed by atoms with Gasteiger partial charge in [0.2, 0.25) is 0 Å². The van der Waals surface area contributed by atoms with E-state index in [1.807, 2.05) is 24.3 Å². The number of ether oxygens (including phenoxy) is 1. The lowest BCUT2D eigenvalue weighted by Gasteiger charge is -2.33. The Balaban J connectivity index is 0.902. The number of piperazine rings is 1. The van der Waals surface area contributed by atoms with E-state index in [-0.39, 0.29) is 11.6 Å². The molecule has 2 fully saturated rings. The molecule has 270 valence electrons. The van der Waals surface area contributed by atoms with E-state index in [9.17, 15) is 8.78 Å². The average Bonchev–Trinajstić information content (AvgIpc) is 3.15. The quantitative estimate of drug-likeness (QED) is 0.134. The number of aryl methyl sites for hydroxylation is 1. The maximum atomic E-state index is 14.4. The van der Waals surface area contributed by atoms with Crippen LogP contribution >= 0.6 is 0 Å². The van der Waals surface area contributed by atoms with Crippen LogP contribution in [0.3, 0.4) is 0 Å². The van der Waals surface area contributed by atoms with Gasteiger partial charge in [-0.1, -0.05) is 12.1 Å². The van der Waals surface area contributed by atoms with Gasteiger partial charge < -0.3 is 25.2 Å². The van der Waals surface area contributed by atoms with Crippen molar-refractivity contribution in [1.29, 1.82) is 0 Å². The molecule has 4 aromatic carbocycles. The second-order valence-electron chi connectivity index (χ2n) is 14.5. The Labute approximate surface area is 303 Å². The third-order valence-electron chi connectivity index (χ3n) is 10.9. The van der Waals surface area contributed by atoms with Gasteiger partial charge in [-0.3, -0.25) is 4.90 Å². The number of piperidine rings is 1. The number of rotatable bonds is 11. The van der Waals surface area contributed by atoms with Crippen molar-refractivity contribution in [3.8, 4) is 5.75 Å². The molecule has 2 aromatic heterocycles. The van der Waals surface area contributed by atoms with Gasteiger partial charge in [0, 0.05) is 86.0 Å². The lowest BCUT2D eigenvalue weighted by Crippen LogP contribution is -2.45. The predicted molar refractivity (Wildman–Crippen MR) is 209 cm³/mol. The Morgan fingerprint density at radius 1 is 0.673 bits per heavy atom. The van der Waals surface area contributed by atoms with E-state index >= 15 is 0 Å². The maximum absolute atomic E-state index is 14.4. The van der Waals surface area contributed by atoms with Crippen molar-refractivity contribution >= 4 is 55.0 Å². The summed E-state index contributed by atoms with van der Waals surface area (Å²) in [5.74, 6) is 0.239. The van der Waals surface area contributed by atoms with Crippen molar-refractivity contribution in [1.82, 2.24) is 24.7 Å². The molecule has 2 aliphatic heterocycles. The number of likely N-dealkylation sites (N-methyl/N-ethyl adjacent to an activating group) is 1. The summed E-state index contributed by atoms with van der Waals surface area (Å²) in [6.45, 7) is 9.14. The van der Waals surface area contributed by atoms with E-state index in [0.29, 0.717) is 11.6 Å². The summed E-state index contributed by atoms with van der Waals surface area (Å²) >= 11 is 0. The van der Waals surface area contributed by atoms with E-state index in [2.05, 4.69) is 50.6 Å². The van der Waals surface area contributed by atoms with Gasteiger partial charge in [0.05, 0.1) is 40.6 Å². The number of nitrogens with one attached hydrogen (secondary N) is 2. The van der Waals surface area contributed by atoms with Crippen LogP contribution in [0.25, 0.3) is 43.6 Å². The van der Waals surface area contributed by atoms with Gasteiger partial charge in [-0.15, -0.1) is 0 Å². The van der Waals surface area contributed by atoms with Gasteiger partial charge in [-0.05, 0) is 99.4 Å². The van der Waals surface area contributed by atoms with Crippen molar-refractivity contribution < 1.29 is 13.5 Å². The van der Waals surface area contributed by atoms with Crippen LogP contribution in [0.2, 0.25) is 0 Å². The molecular weight excluding hydrogens is 657 g/mol. The minimum Gasteiger partial charge on any atom is -0.497 e. The van der Waals surface area contributed by atoms with Crippen molar-refractivity contribution in [2.24, 2.45) is 0 Å². The van der Waals surface area contributed by atoms with Crippen LogP contribution in [0.5, 0.6) is 5.75 Å². The Kier molecular flexibility index (Phi) is 10.0. The van der Waals surface area contributed by atoms with E-state index < -0.39 is 0 Å². The Morgan fingerprint density at radius 3 is 2.12 bits per heavy atom. The van der Waals surface area contributed by atoms with Crippen LogP contribution in [0, 0.1) is 11.6 Å². The fourth-order valence-corrected chi connectivity index (χ4v) is 7.91. The molecule has 4 heterocycles. The molecule has 0 spiro atoms. The molecule has 2 saturated heterocycles. The molecule has 6 aromatic rings. The van der Waals surface area contributed by atoms with E-state index in [4.69, 9.17) is 14.7 Å². The molecule has 2 N–H and O–H groups in total. The molecule has 2 aliphatic rings. The monoisotopic (exact) mass is 703 g/mol. The van der Waals surface area contributed by atoms with Crippen LogP contribution in [-0.4, -0.2) is 104 Å². The summed E-state index contributed by atoms with van der Waals surface area (Å²) < 4.78 is 34.1. The normalized spacial score (nSPS) is 16.7. The second kappa shape index (κ2) is 15.1. The van der Waals surface area contributed by atoms with Crippen molar-refractivity contribution in [2.45, 2.75) is 31.7 Å². The lowest BCUT2D eigenvalue weighted by molar-refractivity contribution is 0.158. The van der Waals surface area contributed by atoms with Gasteiger partial charge in [-0.2, -0.15) is 0 Å². The summed E-state index contributed by atoms with van der Waals surface area (Å²) in [4.78, 5) is 17.1. The number of pyridine rings is 2.